The predicted octanol–water partition coefficient (Wildman–Crippen LogP) is 1.30. The molecule has 0 saturated carbocycles. The first kappa shape index (κ1) is 14.9. The lowest BCUT2D eigenvalue weighted by Crippen LogP contribution is -2.45. The van der Waals surface area contributed by atoms with Gasteiger partial charge in [0.2, 0.25) is 0 Å². The Kier molecular flexibility index (Phi) is 4.86. The molecule has 0 radical (unpaired) electrons. The minimum absolute atomic E-state index is 0.0325. The molecule has 6 nitrogen and oxygen atoms in total. The molecule has 0 unspecified atom stereocenters. The summed E-state index contributed by atoms with van der Waals surface area (Å²) < 4.78 is 0. The van der Waals surface area contributed by atoms with Crippen LogP contribution in [-0.4, -0.2) is 41.0 Å². The number of hydrogen-bond donors (Lipinski definition) is 2. The van der Waals surface area contributed by atoms with Crippen molar-refractivity contribution in [2.45, 2.75) is 27.2 Å². The van der Waals surface area contributed by atoms with Crippen LogP contribution >= 0.6 is 0 Å². The van der Waals surface area contributed by atoms with Crippen LogP contribution in [0, 0.1) is 0 Å². The van der Waals surface area contributed by atoms with Gasteiger partial charge < -0.3 is 10.0 Å². The summed E-state index contributed by atoms with van der Waals surface area (Å²) in [5.41, 5.74) is 1.04. The average molecular weight is 266 g/mol. The zero-order chi connectivity index (χ0) is 14.6. The quantitative estimate of drug-likeness (QED) is 0.582. The van der Waals surface area contributed by atoms with Crippen molar-refractivity contribution < 1.29 is 19.5 Å². The molecule has 2 N–H and O–H groups in total. The normalized spacial score (nSPS) is 16.4. The van der Waals surface area contributed by atoms with Crippen LogP contribution in [0.2, 0.25) is 0 Å². The van der Waals surface area contributed by atoms with Gasteiger partial charge in [-0.25, -0.2) is 9.59 Å². The first-order valence-corrected chi connectivity index (χ1v) is 5.99. The Morgan fingerprint density at radius 1 is 1.26 bits per heavy atom. The highest BCUT2D eigenvalue weighted by molar-refractivity contribution is 6.07. The van der Waals surface area contributed by atoms with Crippen molar-refractivity contribution in [1.82, 2.24) is 10.2 Å². The number of aliphatic carboxylic acids is 1. The van der Waals surface area contributed by atoms with Crippen LogP contribution in [0.5, 0.6) is 0 Å². The van der Waals surface area contributed by atoms with Gasteiger partial charge in [0.1, 0.15) is 0 Å². The van der Waals surface area contributed by atoms with Crippen molar-refractivity contribution in [2.75, 3.05) is 13.1 Å². The second kappa shape index (κ2) is 6.17. The van der Waals surface area contributed by atoms with E-state index < -0.39 is 17.9 Å². The van der Waals surface area contributed by atoms with Crippen LogP contribution < -0.4 is 5.32 Å². The zero-order valence-corrected chi connectivity index (χ0v) is 11.3. The monoisotopic (exact) mass is 266 g/mol. The maximum Gasteiger partial charge on any atom is 0.331 e. The minimum atomic E-state index is -1.17. The summed E-state index contributed by atoms with van der Waals surface area (Å²) in [6, 6.07) is -0.491. The molecule has 0 bridgehead atoms. The second-order valence-corrected chi connectivity index (χ2v) is 4.58. The second-order valence-electron chi connectivity index (χ2n) is 4.58. The van der Waals surface area contributed by atoms with E-state index in [0.29, 0.717) is 13.1 Å². The van der Waals surface area contributed by atoms with Crippen molar-refractivity contribution >= 4 is 17.9 Å². The summed E-state index contributed by atoms with van der Waals surface area (Å²) in [4.78, 5) is 35.8. The number of rotatable bonds is 2. The summed E-state index contributed by atoms with van der Waals surface area (Å²) in [6.07, 6.45) is 2.81. The summed E-state index contributed by atoms with van der Waals surface area (Å²) >= 11 is 0. The number of carboxylic acid groups (broad SMARTS) is 1. The SMILES string of the molecule is CC1=CCCN(C(=O)NC(=O)/C(C)=C(\C)C(=O)O)C1. The Balaban J connectivity index is 2.68. The highest BCUT2D eigenvalue weighted by atomic mass is 16.4. The number of amides is 3. The zero-order valence-electron chi connectivity index (χ0n) is 11.3. The van der Waals surface area contributed by atoms with E-state index in [4.69, 9.17) is 5.11 Å². The molecule has 0 fully saturated rings. The van der Waals surface area contributed by atoms with E-state index in [1.165, 1.54) is 18.7 Å². The molecule has 6 heteroatoms. The molecule has 0 aliphatic carbocycles. The Labute approximate surface area is 111 Å². The van der Waals surface area contributed by atoms with E-state index in [1.54, 1.807) is 0 Å². The van der Waals surface area contributed by atoms with Crippen LogP contribution in [0.15, 0.2) is 22.8 Å². The fraction of sp³-hybridized carbons (Fsp3) is 0.462. The Hall–Kier alpha value is -2.11. The largest absolute Gasteiger partial charge is 0.478 e. The number of carbonyl (C=O) groups is 3. The van der Waals surface area contributed by atoms with Gasteiger partial charge in [-0.15, -0.1) is 0 Å². The minimum Gasteiger partial charge on any atom is -0.478 e. The molecule has 1 heterocycles. The van der Waals surface area contributed by atoms with Crippen molar-refractivity contribution in [3.8, 4) is 0 Å². The highest BCUT2D eigenvalue weighted by Crippen LogP contribution is 2.09. The lowest BCUT2D eigenvalue weighted by Gasteiger charge is -2.26. The summed E-state index contributed by atoms with van der Waals surface area (Å²) in [6.45, 7) is 5.67. The standard InChI is InChI=1S/C13H18N2O4/c1-8-5-4-6-15(7-8)13(19)14-11(16)9(2)10(3)12(17)18/h5H,4,6-7H2,1-3H3,(H,17,18)(H,14,16,19)/b10-9+. The molecular weight excluding hydrogens is 248 g/mol. The fourth-order valence-corrected chi connectivity index (χ4v) is 1.69. The van der Waals surface area contributed by atoms with E-state index in [-0.39, 0.29) is 11.1 Å². The van der Waals surface area contributed by atoms with Crippen LogP contribution in [0.25, 0.3) is 0 Å². The molecule has 1 aliphatic heterocycles. The third kappa shape index (κ3) is 3.94. The van der Waals surface area contributed by atoms with Gasteiger partial charge in [0.05, 0.1) is 0 Å². The third-order valence-corrected chi connectivity index (χ3v) is 3.06. The highest BCUT2D eigenvalue weighted by Gasteiger charge is 2.20. The van der Waals surface area contributed by atoms with Gasteiger partial charge in [0.15, 0.2) is 0 Å². The fourth-order valence-electron chi connectivity index (χ4n) is 1.69. The van der Waals surface area contributed by atoms with E-state index in [2.05, 4.69) is 5.32 Å². The van der Waals surface area contributed by atoms with E-state index in [9.17, 15) is 14.4 Å². The molecule has 19 heavy (non-hydrogen) atoms. The summed E-state index contributed by atoms with van der Waals surface area (Å²) in [7, 11) is 0. The van der Waals surface area contributed by atoms with Crippen molar-refractivity contribution in [3.63, 3.8) is 0 Å². The topological polar surface area (TPSA) is 86.7 Å². The third-order valence-electron chi connectivity index (χ3n) is 3.06. The van der Waals surface area contributed by atoms with Crippen molar-refractivity contribution in [3.05, 3.63) is 22.8 Å². The maximum atomic E-state index is 11.8. The van der Waals surface area contributed by atoms with E-state index >= 15 is 0 Å². The summed E-state index contributed by atoms with van der Waals surface area (Å²) in [5, 5.41) is 11.0. The molecule has 0 aromatic heterocycles. The first-order chi connectivity index (χ1) is 8.82. The lowest BCUT2D eigenvalue weighted by atomic mass is 10.1. The molecule has 3 amide bonds. The molecule has 104 valence electrons. The number of nitrogens with zero attached hydrogens (tertiary/aromatic N) is 1. The lowest BCUT2D eigenvalue weighted by molar-refractivity contribution is -0.133. The van der Waals surface area contributed by atoms with E-state index in [0.717, 1.165) is 12.0 Å². The van der Waals surface area contributed by atoms with Crippen LogP contribution in [0.4, 0.5) is 4.79 Å². The number of urea groups is 1. The molecule has 1 rings (SSSR count). The van der Waals surface area contributed by atoms with Gasteiger partial charge in [-0.1, -0.05) is 11.6 Å². The van der Waals surface area contributed by atoms with Gasteiger partial charge in [0, 0.05) is 24.2 Å². The predicted molar refractivity (Wildman–Crippen MR) is 69.5 cm³/mol. The average Bonchev–Trinajstić information content (AvgIpc) is 2.36. The molecule has 0 aromatic carbocycles. The van der Waals surface area contributed by atoms with Crippen LogP contribution in [-0.2, 0) is 9.59 Å². The van der Waals surface area contributed by atoms with Gasteiger partial charge in [-0.05, 0) is 27.2 Å². The number of hydrogen-bond acceptors (Lipinski definition) is 3. The molecule has 0 atom stereocenters. The first-order valence-electron chi connectivity index (χ1n) is 5.99. The number of imide groups is 1. The molecule has 0 spiro atoms. The van der Waals surface area contributed by atoms with Crippen LogP contribution in [0.1, 0.15) is 27.2 Å². The van der Waals surface area contributed by atoms with Crippen LogP contribution in [0.3, 0.4) is 0 Å². The number of nitrogens with one attached hydrogen (secondary N) is 1. The smallest absolute Gasteiger partial charge is 0.331 e. The molecular formula is C13H18N2O4. The van der Waals surface area contributed by atoms with Crippen molar-refractivity contribution in [1.29, 1.82) is 0 Å². The van der Waals surface area contributed by atoms with Gasteiger partial charge in [-0.3, -0.25) is 10.1 Å². The number of carbonyl (C=O) groups excluding carboxylic acids is 2. The van der Waals surface area contributed by atoms with E-state index in [1.807, 2.05) is 13.0 Å². The molecule has 0 aromatic rings. The Morgan fingerprint density at radius 3 is 2.42 bits per heavy atom. The molecule has 0 saturated heterocycles. The van der Waals surface area contributed by atoms with Gasteiger partial charge >= 0.3 is 12.0 Å². The van der Waals surface area contributed by atoms with Gasteiger partial charge in [0.25, 0.3) is 5.91 Å². The van der Waals surface area contributed by atoms with Gasteiger partial charge in [-0.2, -0.15) is 0 Å². The van der Waals surface area contributed by atoms with Crippen molar-refractivity contribution in [2.24, 2.45) is 0 Å². The Morgan fingerprint density at radius 2 is 1.89 bits per heavy atom. The maximum absolute atomic E-state index is 11.8. The summed E-state index contributed by atoms with van der Waals surface area (Å²) in [5.74, 6) is -1.84. The molecule has 1 aliphatic rings. The number of carboxylic acids is 1. The Bertz CT molecular complexity index is 477.